The van der Waals surface area contributed by atoms with Crippen LogP contribution in [0.4, 0.5) is 0 Å². The Labute approximate surface area is 159 Å². The maximum Gasteiger partial charge on any atom is 0.251 e. The minimum absolute atomic E-state index is 0.147. The molecule has 0 saturated heterocycles. The Morgan fingerprint density at radius 3 is 2.59 bits per heavy atom. The van der Waals surface area contributed by atoms with Crippen LogP contribution >= 0.6 is 0 Å². The molecular formula is C20H23NO5S. The third-order valence-corrected chi connectivity index (χ3v) is 5.42. The summed E-state index contributed by atoms with van der Waals surface area (Å²) >= 11 is 0. The molecule has 1 aliphatic rings. The summed E-state index contributed by atoms with van der Waals surface area (Å²) in [7, 11) is -3.32. The average molecular weight is 389 g/mol. The van der Waals surface area contributed by atoms with Crippen LogP contribution in [0, 0.1) is 0 Å². The van der Waals surface area contributed by atoms with Crippen molar-refractivity contribution in [1.29, 1.82) is 0 Å². The Kier molecular flexibility index (Phi) is 6.01. The fraction of sp³-hybridized carbons (Fsp3) is 0.350. The van der Waals surface area contributed by atoms with Crippen molar-refractivity contribution in [2.45, 2.75) is 24.2 Å². The molecule has 0 radical (unpaired) electrons. The number of fused-ring (bicyclic) bond motifs is 1. The molecule has 0 unspecified atom stereocenters. The molecule has 6 nitrogen and oxygen atoms in total. The molecule has 27 heavy (non-hydrogen) atoms. The summed E-state index contributed by atoms with van der Waals surface area (Å²) in [6.07, 6.45) is 3.76. The quantitative estimate of drug-likeness (QED) is 0.736. The number of hydrogen-bond acceptors (Lipinski definition) is 5. The highest BCUT2D eigenvalue weighted by molar-refractivity contribution is 7.90. The zero-order chi connectivity index (χ0) is 19.3. The van der Waals surface area contributed by atoms with Crippen molar-refractivity contribution in [2.75, 3.05) is 26.0 Å². The molecule has 2 aromatic rings. The van der Waals surface area contributed by atoms with Gasteiger partial charge in [-0.25, -0.2) is 8.42 Å². The molecule has 0 fully saturated rings. The van der Waals surface area contributed by atoms with Gasteiger partial charge >= 0.3 is 0 Å². The van der Waals surface area contributed by atoms with Crippen LogP contribution in [0.2, 0.25) is 0 Å². The van der Waals surface area contributed by atoms with Crippen LogP contribution in [0.25, 0.3) is 0 Å². The van der Waals surface area contributed by atoms with Crippen molar-refractivity contribution in [3.8, 4) is 11.5 Å². The van der Waals surface area contributed by atoms with Gasteiger partial charge in [-0.3, -0.25) is 4.79 Å². The van der Waals surface area contributed by atoms with Crippen molar-refractivity contribution in [3.05, 3.63) is 53.6 Å². The first-order valence-corrected chi connectivity index (χ1v) is 10.8. The third-order valence-electron chi connectivity index (χ3n) is 4.31. The molecule has 7 heteroatoms. The highest BCUT2D eigenvalue weighted by Crippen LogP contribution is 2.31. The molecule has 0 spiro atoms. The molecule has 0 saturated carbocycles. The number of benzene rings is 2. The van der Waals surface area contributed by atoms with Crippen LogP contribution in [0.15, 0.2) is 47.4 Å². The monoisotopic (exact) mass is 389 g/mol. The number of aryl methyl sites for hydroxylation is 1. The molecular weight excluding hydrogens is 366 g/mol. The van der Waals surface area contributed by atoms with Crippen molar-refractivity contribution >= 4 is 15.7 Å². The number of nitrogens with one attached hydrogen (secondary N) is 1. The Morgan fingerprint density at radius 2 is 1.81 bits per heavy atom. The molecule has 3 rings (SSSR count). The second kappa shape index (κ2) is 8.43. The molecule has 0 atom stereocenters. The lowest BCUT2D eigenvalue weighted by atomic mass is 10.1. The van der Waals surface area contributed by atoms with E-state index in [1.54, 1.807) is 12.1 Å². The number of amides is 1. The van der Waals surface area contributed by atoms with E-state index in [0.29, 0.717) is 25.3 Å². The summed E-state index contributed by atoms with van der Waals surface area (Å²) in [4.78, 5) is 12.3. The number of sulfone groups is 1. The van der Waals surface area contributed by atoms with Crippen LogP contribution in [0.1, 0.15) is 28.8 Å². The summed E-state index contributed by atoms with van der Waals surface area (Å²) in [5.41, 5.74) is 1.52. The van der Waals surface area contributed by atoms with Gasteiger partial charge in [0.1, 0.15) is 13.2 Å². The van der Waals surface area contributed by atoms with Gasteiger partial charge in [-0.2, -0.15) is 0 Å². The SMILES string of the molecule is CS(=O)(=O)c1cccc(C(=O)NCCCCc2ccc3c(c2)OCCO3)c1. The van der Waals surface area contributed by atoms with Crippen molar-refractivity contribution < 1.29 is 22.7 Å². The van der Waals surface area contributed by atoms with E-state index in [4.69, 9.17) is 9.47 Å². The van der Waals surface area contributed by atoms with Crippen LogP contribution < -0.4 is 14.8 Å². The predicted octanol–water partition coefficient (Wildman–Crippen LogP) is 2.61. The summed E-state index contributed by atoms with van der Waals surface area (Å²) in [5.74, 6) is 1.31. The maximum atomic E-state index is 12.2. The van der Waals surface area contributed by atoms with Gasteiger partial charge in [0, 0.05) is 18.4 Å². The zero-order valence-corrected chi connectivity index (χ0v) is 16.1. The van der Waals surface area contributed by atoms with E-state index in [1.807, 2.05) is 18.2 Å². The van der Waals surface area contributed by atoms with Crippen LogP contribution in [0.3, 0.4) is 0 Å². The maximum absolute atomic E-state index is 12.2. The summed E-state index contributed by atoms with van der Waals surface area (Å²) < 4.78 is 34.3. The molecule has 1 aliphatic heterocycles. The van der Waals surface area contributed by atoms with Gasteiger partial charge < -0.3 is 14.8 Å². The molecule has 1 N–H and O–H groups in total. The third kappa shape index (κ3) is 5.23. The van der Waals surface area contributed by atoms with Gasteiger partial charge in [0.2, 0.25) is 0 Å². The van der Waals surface area contributed by atoms with E-state index in [-0.39, 0.29) is 10.8 Å². The second-order valence-corrected chi connectivity index (χ2v) is 8.51. The highest BCUT2D eigenvalue weighted by atomic mass is 32.2. The second-order valence-electron chi connectivity index (χ2n) is 6.49. The molecule has 0 aliphatic carbocycles. The first-order valence-electron chi connectivity index (χ1n) is 8.90. The van der Waals surface area contributed by atoms with Crippen molar-refractivity contribution in [3.63, 3.8) is 0 Å². The van der Waals surface area contributed by atoms with E-state index in [2.05, 4.69) is 5.32 Å². The number of rotatable bonds is 7. The van der Waals surface area contributed by atoms with Crippen LogP contribution in [-0.4, -0.2) is 40.3 Å². The lowest BCUT2D eigenvalue weighted by molar-refractivity contribution is 0.0953. The first kappa shape index (κ1) is 19.2. The number of ether oxygens (including phenoxy) is 2. The van der Waals surface area contributed by atoms with E-state index in [1.165, 1.54) is 17.7 Å². The van der Waals surface area contributed by atoms with Crippen molar-refractivity contribution in [2.24, 2.45) is 0 Å². The Hall–Kier alpha value is -2.54. The number of carbonyl (C=O) groups excluding carboxylic acids is 1. The predicted molar refractivity (Wildman–Crippen MR) is 102 cm³/mol. The van der Waals surface area contributed by atoms with E-state index in [9.17, 15) is 13.2 Å². The lowest BCUT2D eigenvalue weighted by Crippen LogP contribution is -2.24. The van der Waals surface area contributed by atoms with E-state index in [0.717, 1.165) is 37.0 Å². The molecule has 144 valence electrons. The van der Waals surface area contributed by atoms with Gasteiger partial charge in [-0.1, -0.05) is 12.1 Å². The number of hydrogen-bond donors (Lipinski definition) is 1. The van der Waals surface area contributed by atoms with Crippen LogP contribution in [0.5, 0.6) is 11.5 Å². The fourth-order valence-electron chi connectivity index (χ4n) is 2.87. The van der Waals surface area contributed by atoms with E-state index >= 15 is 0 Å². The van der Waals surface area contributed by atoms with Crippen molar-refractivity contribution in [1.82, 2.24) is 5.32 Å². The average Bonchev–Trinajstić information content (AvgIpc) is 2.67. The molecule has 2 aromatic carbocycles. The molecule has 1 amide bonds. The standard InChI is InChI=1S/C20H23NO5S/c1-27(23,24)17-7-4-6-16(14-17)20(22)21-10-3-2-5-15-8-9-18-19(13-15)26-12-11-25-18/h4,6-9,13-14H,2-3,5,10-12H2,1H3,(H,21,22). The minimum atomic E-state index is -3.32. The molecule has 1 heterocycles. The van der Waals surface area contributed by atoms with Gasteiger partial charge in [0.05, 0.1) is 4.90 Å². The Balaban J connectivity index is 1.44. The summed E-state index contributed by atoms with van der Waals surface area (Å²) in [6.45, 7) is 1.69. The minimum Gasteiger partial charge on any atom is -0.486 e. The number of unbranched alkanes of at least 4 members (excludes halogenated alkanes) is 1. The highest BCUT2D eigenvalue weighted by Gasteiger charge is 2.12. The van der Waals surface area contributed by atoms with E-state index < -0.39 is 9.84 Å². The molecule has 0 aromatic heterocycles. The normalized spacial score (nSPS) is 13.2. The first-order chi connectivity index (χ1) is 12.9. The largest absolute Gasteiger partial charge is 0.486 e. The molecule has 0 bridgehead atoms. The lowest BCUT2D eigenvalue weighted by Gasteiger charge is -2.18. The summed E-state index contributed by atoms with van der Waals surface area (Å²) in [5, 5.41) is 2.84. The van der Waals surface area contributed by atoms with Gasteiger partial charge in [0.25, 0.3) is 5.91 Å². The Morgan fingerprint density at radius 1 is 1.04 bits per heavy atom. The van der Waals surface area contributed by atoms with Crippen LogP contribution in [-0.2, 0) is 16.3 Å². The smallest absolute Gasteiger partial charge is 0.251 e. The fourth-order valence-corrected chi connectivity index (χ4v) is 3.54. The summed E-state index contributed by atoms with van der Waals surface area (Å²) in [6, 6.07) is 12.0. The number of carbonyl (C=O) groups is 1. The van der Waals surface area contributed by atoms with Gasteiger partial charge in [-0.05, 0) is 55.2 Å². The van der Waals surface area contributed by atoms with Gasteiger partial charge in [-0.15, -0.1) is 0 Å². The zero-order valence-electron chi connectivity index (χ0n) is 15.2. The topological polar surface area (TPSA) is 81.7 Å². The van der Waals surface area contributed by atoms with Gasteiger partial charge in [0.15, 0.2) is 21.3 Å². The Bertz CT molecular complexity index is 924.